The lowest BCUT2D eigenvalue weighted by atomic mass is 10.0. The van der Waals surface area contributed by atoms with Gasteiger partial charge in [0.25, 0.3) is 0 Å². The van der Waals surface area contributed by atoms with Crippen molar-refractivity contribution in [3.05, 3.63) is 9.81 Å². The second-order valence-electron chi connectivity index (χ2n) is 13.2. The van der Waals surface area contributed by atoms with Crippen LogP contribution in [0.4, 0.5) is 0 Å². The molecule has 70 heavy (non-hydrogen) atoms. The minimum Gasteiger partial charge on any atom is -0.331 e. The molecule has 0 saturated heterocycles. The monoisotopic (exact) mass is 1360 g/mol. The average Bonchev–Trinajstić information content (AvgIpc) is 3.32. The summed E-state index contributed by atoms with van der Waals surface area (Å²) in [6.07, 6.45) is 11.3. The molecular weight excluding hydrogens is 1270 g/mol. The van der Waals surface area contributed by atoms with Gasteiger partial charge >= 0.3 is 31.8 Å². The predicted octanol–water partition coefficient (Wildman–Crippen LogP) is 15.7. The van der Waals surface area contributed by atoms with E-state index in [0.717, 1.165) is 19.3 Å². The van der Waals surface area contributed by atoms with Crippen molar-refractivity contribution in [2.24, 2.45) is 5.92 Å². The van der Waals surface area contributed by atoms with Gasteiger partial charge in [-0.3, -0.25) is 0 Å². The van der Waals surface area contributed by atoms with E-state index in [1.807, 2.05) is 166 Å². The van der Waals surface area contributed by atoms with Crippen LogP contribution < -0.4 is 0 Å². The van der Waals surface area contributed by atoms with Crippen LogP contribution in [-0.4, -0.2) is 140 Å². The number of rotatable bonds is 49. The smallest absolute Gasteiger partial charge is 0.331 e. The van der Waals surface area contributed by atoms with Crippen LogP contribution in [0.1, 0.15) is 123 Å². The van der Waals surface area contributed by atoms with Crippen molar-refractivity contribution in [3.63, 3.8) is 0 Å². The van der Waals surface area contributed by atoms with Gasteiger partial charge in [-0.05, 0) is 135 Å². The van der Waals surface area contributed by atoms with Gasteiger partial charge in [-0.15, -0.1) is 0 Å². The van der Waals surface area contributed by atoms with E-state index in [1.54, 1.807) is 43.2 Å². The Morgan fingerprint density at radius 2 is 0.614 bits per heavy atom. The second kappa shape index (κ2) is 44.3. The van der Waals surface area contributed by atoms with E-state index >= 15 is 0 Å². The summed E-state index contributed by atoms with van der Waals surface area (Å²) in [6, 6.07) is 0. The van der Waals surface area contributed by atoms with Gasteiger partial charge in [0.05, 0.1) is 47.4 Å². The molecule has 0 fully saturated rings. The van der Waals surface area contributed by atoms with Gasteiger partial charge in [0.2, 0.25) is 0 Å². The van der Waals surface area contributed by atoms with Crippen molar-refractivity contribution < 1.29 is 53.1 Å². The number of hydrogen-bond acceptors (Lipinski definition) is 24. The van der Waals surface area contributed by atoms with Crippen molar-refractivity contribution in [2.45, 2.75) is 127 Å². The first-order valence-corrected chi connectivity index (χ1v) is 56.0. The summed E-state index contributed by atoms with van der Waals surface area (Å²) < 4.78 is 80.1. The fourth-order valence-electron chi connectivity index (χ4n) is 5.69. The van der Waals surface area contributed by atoms with Crippen LogP contribution in [0.15, 0.2) is 9.81 Å². The highest BCUT2D eigenvalue weighted by Crippen LogP contribution is 2.67. The highest BCUT2D eigenvalue weighted by molar-refractivity contribution is 9.33. The van der Waals surface area contributed by atoms with Crippen LogP contribution in [0.25, 0.3) is 0 Å². The Morgan fingerprint density at radius 3 is 0.800 bits per heavy atom. The molecule has 0 saturated carbocycles. The number of hydrogen-bond donors (Lipinski definition) is 0. The molecule has 4 unspecified atom stereocenters. The summed E-state index contributed by atoms with van der Waals surface area (Å²) in [5.74, 6) is 0.446. The molecule has 420 valence electrons. The lowest BCUT2D eigenvalue weighted by Crippen LogP contribution is -2.51. The first kappa shape index (κ1) is 75.7. The molecule has 0 aliphatic carbocycles. The highest BCUT2D eigenvalue weighted by Gasteiger charge is 2.70. The molecule has 0 aromatic carbocycles. The fourth-order valence-corrected chi connectivity index (χ4v) is 86.5. The van der Waals surface area contributed by atoms with Crippen molar-refractivity contribution in [1.29, 1.82) is 0 Å². The van der Waals surface area contributed by atoms with E-state index in [-0.39, 0.29) is 0 Å². The molecule has 0 amide bonds. The van der Waals surface area contributed by atoms with E-state index in [9.17, 15) is 0 Å². The van der Waals surface area contributed by atoms with E-state index in [1.165, 1.54) is 9.81 Å². The molecule has 0 radical (unpaired) electrons. The van der Waals surface area contributed by atoms with E-state index in [4.69, 9.17) is 53.1 Å². The summed E-state index contributed by atoms with van der Waals surface area (Å²) in [4.78, 5) is 0. The van der Waals surface area contributed by atoms with Crippen LogP contribution >= 0.6 is 126 Å². The molecule has 12 nitrogen and oxygen atoms in total. The zero-order valence-electron chi connectivity index (χ0n) is 45.1. The molecule has 0 aliphatic heterocycles. The molecule has 0 aromatic heterocycles. The molecule has 0 rings (SSSR count). The van der Waals surface area contributed by atoms with Crippen molar-refractivity contribution in [1.82, 2.24) is 0 Å². The van der Waals surface area contributed by atoms with Gasteiger partial charge < -0.3 is 53.1 Å². The molecule has 0 N–H and O–H groups in total. The molecule has 0 bridgehead atoms. The topological polar surface area (TPSA) is 111 Å². The second-order valence-corrected chi connectivity index (χ2v) is 68.9. The normalized spacial score (nSPS) is 15.6. The van der Waals surface area contributed by atoms with Crippen LogP contribution in [0.3, 0.4) is 0 Å². The Kier molecular flexibility index (Phi) is 48.0. The molecule has 0 spiro atoms. The first-order valence-electron chi connectivity index (χ1n) is 23.6. The average molecular weight is 1360 g/mol. The quantitative estimate of drug-likeness (QED) is 0.0249. The zero-order chi connectivity index (χ0) is 53.1. The van der Waals surface area contributed by atoms with Gasteiger partial charge in [-0.2, -0.15) is 0 Å². The summed E-state index contributed by atoms with van der Waals surface area (Å²) >= 11 is 0. The van der Waals surface area contributed by atoms with Crippen LogP contribution in [0.2, 0.25) is 0 Å². The maximum Gasteiger partial charge on any atom is 0.808 e. The largest absolute Gasteiger partial charge is 0.808 e. The SMILES string of the molecule is CCO[Si](OCC)(OCC)[S+](SC)SSC(SS[S+](SC)[Si](OCC)(OCC)OCC)=C(CC)C(CCC(C)C)(SS[S+](SC)[Si](OCC)(OCC)OCC)SS[S+](SC)[Si](OCC)(OCC)OCC. The maximum absolute atomic E-state index is 6.64. The van der Waals surface area contributed by atoms with Gasteiger partial charge in [-0.1, -0.05) is 20.8 Å². The Labute approximate surface area is 485 Å². The van der Waals surface area contributed by atoms with Gasteiger partial charge in [0.15, 0.2) is 72.9 Å². The summed E-state index contributed by atoms with van der Waals surface area (Å²) in [7, 11) is 7.46. The van der Waals surface area contributed by atoms with E-state index < -0.39 is 69.5 Å². The van der Waals surface area contributed by atoms with Crippen molar-refractivity contribution in [3.8, 4) is 0 Å². The van der Waals surface area contributed by atoms with Gasteiger partial charge in [-0.25, -0.2) is 0 Å². The van der Waals surface area contributed by atoms with E-state index in [0.29, 0.717) is 85.2 Å². The Hall–Kier alpha value is 5.73. The maximum atomic E-state index is 6.64. The standard InChI is InChI=1S/C38H88O12S16Si4/c1-20-36(37(55-59-63(51-16)67(39-21-2,40-22-3)41-23-4)56-60-64(52-17)68(42-24-5,43-25-6)44-26-7)38(34-33-35(14)15,57-61-65(53-18)69(45-27-8,46-28-9)47-29-10)58-62-66(54-19)70(48-30-11,49-31-12)50-32-13/h35H,20-34H2,1-19H3/q+4. The lowest BCUT2D eigenvalue weighted by Gasteiger charge is -2.35. The van der Waals surface area contributed by atoms with Crippen LogP contribution in [0, 0.1) is 5.92 Å². The van der Waals surface area contributed by atoms with Crippen molar-refractivity contribution >= 4 is 191 Å². The molecular formula is C38H88O12S16Si4+4. The Bertz CT molecular complexity index is 1200. The first-order chi connectivity index (χ1) is 33.7. The van der Waals surface area contributed by atoms with Gasteiger partial charge in [0.1, 0.15) is 4.08 Å². The summed E-state index contributed by atoms with van der Waals surface area (Å²) in [5, 5.41) is 0. The third-order valence-electron chi connectivity index (χ3n) is 8.19. The zero-order valence-corrected chi connectivity index (χ0v) is 62.2. The third-order valence-corrected chi connectivity index (χ3v) is 87.6. The van der Waals surface area contributed by atoms with E-state index in [2.05, 4.69) is 45.8 Å². The lowest BCUT2D eigenvalue weighted by molar-refractivity contribution is 0.0958. The Morgan fingerprint density at radius 1 is 0.386 bits per heavy atom. The summed E-state index contributed by atoms with van der Waals surface area (Å²) in [5.41, 5.74) is 1.35. The molecule has 0 heterocycles. The molecule has 4 atom stereocenters. The van der Waals surface area contributed by atoms with Crippen molar-refractivity contribution in [2.75, 3.05) is 104 Å². The third kappa shape index (κ3) is 24.7. The van der Waals surface area contributed by atoms with Crippen LogP contribution in [-0.2, 0) is 86.7 Å². The molecule has 0 aromatic rings. The summed E-state index contributed by atoms with van der Waals surface area (Å²) in [6.45, 7) is 37.4. The van der Waals surface area contributed by atoms with Crippen LogP contribution in [0.5, 0.6) is 0 Å². The minimum atomic E-state index is -3.17. The molecule has 0 aliphatic rings. The highest BCUT2D eigenvalue weighted by atomic mass is 33.8. The minimum absolute atomic E-state index is 0.446. The predicted molar refractivity (Wildman–Crippen MR) is 351 cm³/mol. The molecule has 32 heteroatoms. The van der Waals surface area contributed by atoms with Gasteiger partial charge in [0, 0.05) is 126 Å². The Balaban J connectivity index is 8.87. The fraction of sp³-hybridized carbons (Fsp3) is 0.947.